The van der Waals surface area contributed by atoms with E-state index in [2.05, 4.69) is 17.2 Å². The molecule has 0 aromatic carbocycles. The number of hydrogen-bond donors (Lipinski definition) is 1. The van der Waals surface area contributed by atoms with Crippen LogP contribution in [0.25, 0.3) is 0 Å². The first-order valence-corrected chi connectivity index (χ1v) is 7.35. The number of aromatic nitrogens is 1. The molecule has 0 radical (unpaired) electrons. The van der Waals surface area contributed by atoms with Gasteiger partial charge in [0.05, 0.1) is 0 Å². The van der Waals surface area contributed by atoms with Crippen molar-refractivity contribution >= 4 is 11.6 Å². The van der Waals surface area contributed by atoms with Gasteiger partial charge in [0.2, 0.25) is 0 Å². The fraction of sp³-hybridized carbons (Fsp3) is 0.667. The molecule has 1 aliphatic rings. The molecule has 20 heavy (non-hydrogen) atoms. The first-order chi connectivity index (χ1) is 9.52. The van der Waals surface area contributed by atoms with Crippen LogP contribution in [0.1, 0.15) is 39.5 Å². The van der Waals surface area contributed by atoms with Gasteiger partial charge in [-0.3, -0.25) is 0 Å². The number of nitrogens with one attached hydrogen (secondary N) is 1. The van der Waals surface area contributed by atoms with Crippen LogP contribution < -0.4 is 10.2 Å². The highest BCUT2D eigenvalue weighted by Crippen LogP contribution is 2.30. The molecule has 1 aromatic rings. The Labute approximate surface area is 119 Å². The summed E-state index contributed by atoms with van der Waals surface area (Å²) in [5, 5.41) is 2.83. The molecule has 5 heteroatoms. The van der Waals surface area contributed by atoms with Gasteiger partial charge in [-0.15, -0.1) is 0 Å². The van der Waals surface area contributed by atoms with Crippen molar-refractivity contribution in [3.05, 3.63) is 17.7 Å². The van der Waals surface area contributed by atoms with Crippen LogP contribution >= 0.6 is 0 Å². The van der Waals surface area contributed by atoms with E-state index in [4.69, 9.17) is 0 Å². The average Bonchev–Trinajstić information content (AvgIpc) is 2.42. The molecule has 1 aliphatic carbocycles. The van der Waals surface area contributed by atoms with Gasteiger partial charge in [-0.05, 0) is 38.5 Å². The first kappa shape index (κ1) is 15.0. The molecule has 1 N–H and O–H groups in total. The van der Waals surface area contributed by atoms with Crippen molar-refractivity contribution in [1.29, 1.82) is 0 Å². The molecule has 0 saturated heterocycles. The van der Waals surface area contributed by atoms with E-state index in [9.17, 15) is 8.78 Å². The molecule has 0 amide bonds. The van der Waals surface area contributed by atoms with Gasteiger partial charge in [0.25, 0.3) is 0 Å². The standard InChI is InChI=1S/C15H23F2N3/c1-4-18-14-12(16)9-13(17)15(19-14)20(3)11-7-5-10(2)6-8-11/h9-11H,4-8H2,1-3H3,(H,18,19). The highest BCUT2D eigenvalue weighted by atomic mass is 19.1. The lowest BCUT2D eigenvalue weighted by molar-refractivity contribution is 0.338. The maximum absolute atomic E-state index is 14.0. The third kappa shape index (κ3) is 3.19. The fourth-order valence-corrected chi connectivity index (χ4v) is 2.80. The largest absolute Gasteiger partial charge is 0.368 e. The summed E-state index contributed by atoms with van der Waals surface area (Å²) in [4.78, 5) is 5.98. The normalized spacial score (nSPS) is 22.6. The molecule has 112 valence electrons. The van der Waals surface area contributed by atoms with Gasteiger partial charge >= 0.3 is 0 Å². The summed E-state index contributed by atoms with van der Waals surface area (Å²) in [6, 6.07) is 1.20. The number of nitrogens with zero attached hydrogens (tertiary/aromatic N) is 2. The second kappa shape index (κ2) is 6.37. The Balaban J connectivity index is 2.20. The summed E-state index contributed by atoms with van der Waals surface area (Å²) in [5.41, 5.74) is 0. The Kier molecular flexibility index (Phi) is 4.78. The van der Waals surface area contributed by atoms with Crippen LogP contribution in [0.5, 0.6) is 0 Å². The van der Waals surface area contributed by atoms with E-state index in [1.54, 1.807) is 0 Å². The van der Waals surface area contributed by atoms with Crippen LogP contribution in [-0.2, 0) is 0 Å². The highest BCUT2D eigenvalue weighted by Gasteiger charge is 2.25. The average molecular weight is 283 g/mol. The quantitative estimate of drug-likeness (QED) is 0.911. The smallest absolute Gasteiger partial charge is 0.168 e. The number of anilines is 2. The Morgan fingerprint density at radius 2 is 1.90 bits per heavy atom. The molecule has 0 spiro atoms. The molecule has 2 rings (SSSR count). The van der Waals surface area contributed by atoms with Crippen LogP contribution in [0.2, 0.25) is 0 Å². The maximum atomic E-state index is 14.0. The van der Waals surface area contributed by atoms with E-state index >= 15 is 0 Å². The second-order valence-electron chi connectivity index (χ2n) is 5.68. The first-order valence-electron chi connectivity index (χ1n) is 7.35. The Hall–Kier alpha value is -1.39. The van der Waals surface area contributed by atoms with Crippen molar-refractivity contribution < 1.29 is 8.78 Å². The minimum atomic E-state index is -0.640. The fourth-order valence-electron chi connectivity index (χ4n) is 2.80. The lowest BCUT2D eigenvalue weighted by Gasteiger charge is -2.34. The summed E-state index contributed by atoms with van der Waals surface area (Å²) >= 11 is 0. The van der Waals surface area contributed by atoms with Crippen molar-refractivity contribution in [2.45, 2.75) is 45.6 Å². The molecule has 3 nitrogen and oxygen atoms in total. The SMILES string of the molecule is CCNc1nc(N(C)C2CCC(C)CC2)c(F)cc1F. The van der Waals surface area contributed by atoms with Crippen LogP contribution in [0.15, 0.2) is 6.07 Å². The zero-order chi connectivity index (χ0) is 14.7. The van der Waals surface area contributed by atoms with E-state index < -0.39 is 11.6 Å². The zero-order valence-corrected chi connectivity index (χ0v) is 12.4. The zero-order valence-electron chi connectivity index (χ0n) is 12.4. The van der Waals surface area contributed by atoms with Crippen molar-refractivity contribution in [2.24, 2.45) is 5.92 Å². The van der Waals surface area contributed by atoms with Crippen molar-refractivity contribution in [3.63, 3.8) is 0 Å². The monoisotopic (exact) mass is 283 g/mol. The van der Waals surface area contributed by atoms with E-state index in [1.165, 1.54) is 0 Å². The minimum absolute atomic E-state index is 0.125. The van der Waals surface area contributed by atoms with Crippen LogP contribution in [-0.4, -0.2) is 24.6 Å². The molecule has 0 atom stereocenters. The minimum Gasteiger partial charge on any atom is -0.368 e. The molecule has 1 saturated carbocycles. The van der Waals surface area contributed by atoms with E-state index in [0.717, 1.165) is 37.7 Å². The maximum Gasteiger partial charge on any atom is 0.168 e. The van der Waals surface area contributed by atoms with Crippen molar-refractivity contribution in [3.8, 4) is 0 Å². The Morgan fingerprint density at radius 1 is 1.25 bits per heavy atom. The second-order valence-corrected chi connectivity index (χ2v) is 5.68. The lowest BCUT2D eigenvalue weighted by Crippen LogP contribution is -2.36. The van der Waals surface area contributed by atoms with Gasteiger partial charge in [-0.1, -0.05) is 6.92 Å². The van der Waals surface area contributed by atoms with Gasteiger partial charge < -0.3 is 10.2 Å². The number of halogens is 2. The summed E-state index contributed by atoms with van der Waals surface area (Å²) in [7, 11) is 1.85. The van der Waals surface area contributed by atoms with Crippen LogP contribution in [0.4, 0.5) is 20.4 Å². The van der Waals surface area contributed by atoms with E-state index in [0.29, 0.717) is 6.54 Å². The van der Waals surface area contributed by atoms with Crippen LogP contribution in [0, 0.1) is 17.6 Å². The third-order valence-electron chi connectivity index (χ3n) is 4.12. The molecule has 0 aliphatic heterocycles. The Bertz CT molecular complexity index is 457. The van der Waals surface area contributed by atoms with Gasteiger partial charge in [0, 0.05) is 25.7 Å². The van der Waals surface area contributed by atoms with Gasteiger partial charge in [0.1, 0.15) is 0 Å². The number of hydrogen-bond acceptors (Lipinski definition) is 3. The van der Waals surface area contributed by atoms with Gasteiger partial charge in [-0.25, -0.2) is 13.8 Å². The summed E-state index contributed by atoms with van der Waals surface area (Å²) < 4.78 is 27.6. The molecule has 1 heterocycles. The summed E-state index contributed by atoms with van der Waals surface area (Å²) in [6.07, 6.45) is 4.37. The predicted molar refractivity (Wildman–Crippen MR) is 78.1 cm³/mol. The highest BCUT2D eigenvalue weighted by molar-refractivity contribution is 5.49. The molecular formula is C15H23F2N3. The topological polar surface area (TPSA) is 28.2 Å². The van der Waals surface area contributed by atoms with E-state index in [1.807, 2.05) is 18.9 Å². The molecular weight excluding hydrogens is 260 g/mol. The van der Waals surface area contributed by atoms with Gasteiger partial charge in [0.15, 0.2) is 23.3 Å². The Morgan fingerprint density at radius 3 is 2.50 bits per heavy atom. The molecule has 1 fully saturated rings. The number of pyridine rings is 1. The molecule has 0 bridgehead atoms. The van der Waals surface area contributed by atoms with Crippen molar-refractivity contribution in [1.82, 2.24) is 4.98 Å². The molecule has 1 aromatic heterocycles. The predicted octanol–water partition coefficient (Wildman–Crippen LogP) is 3.81. The van der Waals surface area contributed by atoms with Crippen LogP contribution in [0.3, 0.4) is 0 Å². The number of rotatable bonds is 4. The summed E-state index contributed by atoms with van der Waals surface area (Å²) in [6.45, 7) is 4.66. The van der Waals surface area contributed by atoms with E-state index in [-0.39, 0.29) is 17.7 Å². The van der Waals surface area contributed by atoms with Crippen molar-refractivity contribution in [2.75, 3.05) is 23.8 Å². The molecule has 0 unspecified atom stereocenters. The lowest BCUT2D eigenvalue weighted by atomic mass is 9.87. The third-order valence-corrected chi connectivity index (χ3v) is 4.12. The van der Waals surface area contributed by atoms with Gasteiger partial charge in [-0.2, -0.15) is 0 Å². The summed E-state index contributed by atoms with van der Waals surface area (Å²) in [5.74, 6) is -0.131.